The molecule has 24 atom stereocenters. The van der Waals surface area contributed by atoms with Crippen molar-refractivity contribution in [2.75, 3.05) is 13.2 Å². The Morgan fingerprint density at radius 2 is 1.31 bits per heavy atom. The Labute approximate surface area is 391 Å². The summed E-state index contributed by atoms with van der Waals surface area (Å²) in [6.07, 6.45) is -16.7. The Bertz CT molecular complexity index is 1880. The van der Waals surface area contributed by atoms with Gasteiger partial charge in [-0.05, 0) is 117 Å². The van der Waals surface area contributed by atoms with E-state index in [2.05, 4.69) is 40.7 Å². The van der Waals surface area contributed by atoms with Crippen molar-refractivity contribution in [3.63, 3.8) is 0 Å². The van der Waals surface area contributed by atoms with Gasteiger partial charge in [0, 0.05) is 0 Å². The lowest BCUT2D eigenvalue weighted by molar-refractivity contribution is -0.361. The zero-order valence-electron chi connectivity index (χ0n) is 39.7. The molecule has 8 aliphatic rings. The number of carbonyl (C=O) groups excluding carboxylic acids is 1. The summed E-state index contributed by atoms with van der Waals surface area (Å²) < 4.78 is 34.7. The maximum atomic E-state index is 15.0. The van der Waals surface area contributed by atoms with Gasteiger partial charge in [0.15, 0.2) is 12.6 Å². The van der Waals surface area contributed by atoms with Crippen molar-refractivity contribution >= 4 is 11.9 Å². The molecule has 382 valence electrons. The molecule has 0 aromatic rings. The second-order valence-electron chi connectivity index (χ2n) is 23.3. The molecule has 0 spiro atoms. The Balaban J connectivity index is 0.981. The zero-order chi connectivity index (χ0) is 49.1. The van der Waals surface area contributed by atoms with Crippen LogP contribution in [0.1, 0.15) is 113 Å². The maximum Gasteiger partial charge on any atom is 0.315 e. The number of esters is 1. The van der Waals surface area contributed by atoms with E-state index in [1.54, 1.807) is 6.92 Å². The number of carboxylic acid groups (broad SMARTS) is 1. The summed E-state index contributed by atoms with van der Waals surface area (Å²) in [5.41, 5.74) is -2.13. The topological polar surface area (TPSA) is 312 Å². The fraction of sp³-hybridized carbons (Fsp3) is 0.917. The number of hydrogen-bond acceptors (Lipinski definition) is 18. The van der Waals surface area contributed by atoms with Crippen LogP contribution in [0.25, 0.3) is 0 Å². The molecule has 0 amide bonds. The van der Waals surface area contributed by atoms with Crippen LogP contribution >= 0.6 is 0 Å². The van der Waals surface area contributed by atoms with Crippen LogP contribution < -0.4 is 0 Å². The highest BCUT2D eigenvalue weighted by Gasteiger charge is 2.71. The molecule has 3 aliphatic heterocycles. The molecule has 3 heterocycles. The summed E-state index contributed by atoms with van der Waals surface area (Å²) in [6, 6.07) is 0. The van der Waals surface area contributed by atoms with Crippen LogP contribution in [0.15, 0.2) is 11.6 Å². The minimum Gasteiger partial charge on any atom is -0.481 e. The van der Waals surface area contributed by atoms with E-state index in [4.69, 9.17) is 28.4 Å². The predicted octanol–water partition coefficient (Wildman–Crippen LogP) is 0.233. The van der Waals surface area contributed by atoms with Crippen molar-refractivity contribution in [3.8, 4) is 0 Å². The molecule has 11 N–H and O–H groups in total. The molecule has 24 unspecified atom stereocenters. The lowest BCUT2D eigenvalue weighted by atomic mass is 9.33. The predicted molar refractivity (Wildman–Crippen MR) is 231 cm³/mol. The van der Waals surface area contributed by atoms with Gasteiger partial charge in [0.1, 0.15) is 67.1 Å². The normalized spacial score (nSPS) is 54.0. The largest absolute Gasteiger partial charge is 0.481 e. The average Bonchev–Trinajstić information content (AvgIpc) is 3.27. The number of carboxylic acids is 1. The molecule has 3 saturated heterocycles. The molecule has 0 aromatic carbocycles. The van der Waals surface area contributed by atoms with E-state index in [-0.39, 0.29) is 39.4 Å². The van der Waals surface area contributed by atoms with Gasteiger partial charge in [-0.15, -0.1) is 0 Å². The SMILES string of the molecule is CC1OC(OC2C(CO)OC(OCC3OC(OC(=O)C45CCC(C)(C)CC4C4=CCC6C7(C)CCC(O)C(C)(C(=O)O)C7CCC6(C)C4(C)CC5)C(O)C(O)C3O)C(O)C2O)C(O)C(O)C1O. The van der Waals surface area contributed by atoms with Gasteiger partial charge in [-0.1, -0.05) is 46.3 Å². The number of aliphatic carboxylic acids is 1. The van der Waals surface area contributed by atoms with Gasteiger partial charge in [0.25, 0.3) is 0 Å². The second kappa shape index (κ2) is 18.0. The number of aliphatic hydroxyl groups excluding tert-OH is 10. The van der Waals surface area contributed by atoms with Crippen LogP contribution in [0.2, 0.25) is 0 Å². The van der Waals surface area contributed by atoms with Gasteiger partial charge in [0.2, 0.25) is 6.29 Å². The third-order valence-corrected chi connectivity index (χ3v) is 19.4. The van der Waals surface area contributed by atoms with E-state index in [1.807, 2.05) is 0 Å². The molecule has 19 heteroatoms. The lowest BCUT2D eigenvalue weighted by Crippen LogP contribution is -2.66. The van der Waals surface area contributed by atoms with Crippen LogP contribution in [0.4, 0.5) is 0 Å². The summed E-state index contributed by atoms with van der Waals surface area (Å²) in [5.74, 6) is -1.87. The molecule has 0 aromatic heterocycles. The summed E-state index contributed by atoms with van der Waals surface area (Å²) in [6.45, 7) is 13.0. The fourth-order valence-corrected chi connectivity index (χ4v) is 14.8. The Hall–Kier alpha value is -1.92. The fourth-order valence-electron chi connectivity index (χ4n) is 14.8. The monoisotopic (exact) mass is 956 g/mol. The van der Waals surface area contributed by atoms with Crippen molar-refractivity contribution in [3.05, 3.63) is 11.6 Å². The van der Waals surface area contributed by atoms with Crippen molar-refractivity contribution in [1.29, 1.82) is 0 Å². The molecule has 0 radical (unpaired) electrons. The van der Waals surface area contributed by atoms with Crippen molar-refractivity contribution in [2.24, 2.45) is 50.2 Å². The number of fused-ring (bicyclic) bond motifs is 7. The van der Waals surface area contributed by atoms with E-state index >= 15 is 0 Å². The first-order chi connectivity index (χ1) is 31.2. The van der Waals surface area contributed by atoms with E-state index < -0.39 is 134 Å². The quantitative estimate of drug-likeness (QED) is 0.109. The molecular weight excluding hydrogens is 881 g/mol. The highest BCUT2D eigenvalue weighted by atomic mass is 16.8. The summed E-state index contributed by atoms with van der Waals surface area (Å²) in [7, 11) is 0. The minimum atomic E-state index is -1.87. The number of carbonyl (C=O) groups is 2. The molecule has 0 bridgehead atoms. The summed E-state index contributed by atoms with van der Waals surface area (Å²) in [5, 5.41) is 118. The van der Waals surface area contributed by atoms with Crippen LogP contribution in [0, 0.1) is 50.2 Å². The molecule has 67 heavy (non-hydrogen) atoms. The smallest absolute Gasteiger partial charge is 0.315 e. The van der Waals surface area contributed by atoms with E-state index in [0.29, 0.717) is 44.9 Å². The lowest BCUT2D eigenvalue weighted by Gasteiger charge is -2.71. The van der Waals surface area contributed by atoms with Crippen LogP contribution in [-0.2, 0) is 38.0 Å². The van der Waals surface area contributed by atoms with Gasteiger partial charge < -0.3 is 84.6 Å². The Morgan fingerprint density at radius 1 is 0.687 bits per heavy atom. The Morgan fingerprint density at radius 3 is 1.99 bits per heavy atom. The summed E-state index contributed by atoms with van der Waals surface area (Å²) in [4.78, 5) is 27.8. The number of rotatable bonds is 9. The molecule has 19 nitrogen and oxygen atoms in total. The molecule has 4 saturated carbocycles. The van der Waals surface area contributed by atoms with Crippen molar-refractivity contribution in [1.82, 2.24) is 0 Å². The first-order valence-corrected chi connectivity index (χ1v) is 24.3. The van der Waals surface area contributed by atoms with Crippen LogP contribution in [0.5, 0.6) is 0 Å². The van der Waals surface area contributed by atoms with Gasteiger partial charge in [-0.3, -0.25) is 9.59 Å². The van der Waals surface area contributed by atoms with Gasteiger partial charge >= 0.3 is 11.9 Å². The number of hydrogen-bond donors (Lipinski definition) is 11. The maximum absolute atomic E-state index is 15.0. The molecular formula is C48H76O19. The Kier molecular flexibility index (Phi) is 13.8. The van der Waals surface area contributed by atoms with Crippen LogP contribution in [0.3, 0.4) is 0 Å². The highest BCUT2D eigenvalue weighted by molar-refractivity contribution is 5.79. The van der Waals surface area contributed by atoms with Crippen molar-refractivity contribution in [2.45, 2.75) is 211 Å². The van der Waals surface area contributed by atoms with E-state index in [9.17, 15) is 65.8 Å². The van der Waals surface area contributed by atoms with Gasteiger partial charge in [-0.2, -0.15) is 0 Å². The third kappa shape index (κ3) is 7.97. The molecule has 8 rings (SSSR count). The van der Waals surface area contributed by atoms with E-state index in [1.165, 1.54) is 12.5 Å². The average molecular weight is 957 g/mol. The standard InChI is InChI=1S/C48H76O19/c1-21-29(51)31(53)34(56)39(63-21)66-37-24(19-49)64-38(36(58)33(37)55)62-20-25-30(52)32(54)35(57)40(65-25)67-42(61)48-16-14-43(2,3)18-23(48)22-8-9-26-44(4)12-11-28(50)47(7,41(59)60)27(44)10-13-46(26,6)45(22,5)15-17-48/h8,21,23-40,49-58H,9-20H2,1-7H3,(H,59,60). The highest BCUT2D eigenvalue weighted by Crippen LogP contribution is 2.76. The first-order valence-electron chi connectivity index (χ1n) is 24.3. The van der Waals surface area contributed by atoms with Gasteiger partial charge in [-0.25, -0.2) is 0 Å². The number of ether oxygens (including phenoxy) is 6. The van der Waals surface area contributed by atoms with Crippen molar-refractivity contribution < 1.29 is 94.2 Å². The third-order valence-electron chi connectivity index (χ3n) is 19.4. The molecule has 5 aliphatic carbocycles. The van der Waals surface area contributed by atoms with Gasteiger partial charge in [0.05, 0.1) is 36.3 Å². The van der Waals surface area contributed by atoms with E-state index in [0.717, 1.165) is 19.3 Å². The zero-order valence-corrected chi connectivity index (χ0v) is 39.7. The second-order valence-corrected chi connectivity index (χ2v) is 23.3. The first kappa shape index (κ1) is 51.4. The number of aliphatic hydroxyl groups is 10. The summed E-state index contributed by atoms with van der Waals surface area (Å²) >= 11 is 0. The van der Waals surface area contributed by atoms with Crippen LogP contribution in [-0.4, -0.2) is 180 Å². The molecule has 7 fully saturated rings. The number of allylic oxidation sites excluding steroid dienone is 2. The minimum absolute atomic E-state index is 0.128.